The van der Waals surface area contributed by atoms with E-state index in [2.05, 4.69) is 31.0 Å². The Morgan fingerprint density at radius 1 is 1.40 bits per heavy atom. The number of rotatable bonds is 11. The minimum atomic E-state index is -0.519. The van der Waals surface area contributed by atoms with Gasteiger partial charge < -0.3 is 16.0 Å². The van der Waals surface area contributed by atoms with E-state index in [1.807, 2.05) is 6.92 Å². The SMILES string of the molecule is CCC(C)N(CC)CCCCC(C)(NC1CC1)C(N)=O. The molecule has 0 radical (unpaired) electrons. The first kappa shape index (κ1) is 17.4. The van der Waals surface area contributed by atoms with Gasteiger partial charge in [0.25, 0.3) is 0 Å². The summed E-state index contributed by atoms with van der Waals surface area (Å²) in [5.74, 6) is -0.210. The van der Waals surface area contributed by atoms with E-state index in [0.717, 1.165) is 32.4 Å². The zero-order valence-electron chi connectivity index (χ0n) is 13.7. The molecule has 20 heavy (non-hydrogen) atoms. The highest BCUT2D eigenvalue weighted by Crippen LogP contribution is 2.25. The first-order valence-electron chi connectivity index (χ1n) is 8.24. The number of amides is 1. The maximum atomic E-state index is 11.7. The molecule has 1 aliphatic rings. The lowest BCUT2D eigenvalue weighted by Gasteiger charge is -2.29. The number of hydrogen-bond acceptors (Lipinski definition) is 3. The van der Waals surface area contributed by atoms with Crippen LogP contribution in [0.5, 0.6) is 0 Å². The molecule has 0 saturated heterocycles. The maximum Gasteiger partial charge on any atom is 0.237 e. The molecule has 118 valence electrons. The molecule has 1 rings (SSSR count). The fourth-order valence-electron chi connectivity index (χ4n) is 2.69. The van der Waals surface area contributed by atoms with Gasteiger partial charge in [-0.05, 0) is 65.5 Å². The van der Waals surface area contributed by atoms with Crippen molar-refractivity contribution in [2.24, 2.45) is 5.73 Å². The van der Waals surface area contributed by atoms with E-state index in [4.69, 9.17) is 5.73 Å². The first-order valence-corrected chi connectivity index (χ1v) is 8.24. The summed E-state index contributed by atoms with van der Waals surface area (Å²) in [7, 11) is 0. The molecular weight excluding hydrogens is 250 g/mol. The van der Waals surface area contributed by atoms with Gasteiger partial charge in [0.1, 0.15) is 0 Å². The second-order valence-corrected chi connectivity index (χ2v) is 6.46. The average Bonchev–Trinajstić information content (AvgIpc) is 3.21. The zero-order chi connectivity index (χ0) is 15.2. The molecule has 2 unspecified atom stereocenters. The molecule has 0 bridgehead atoms. The van der Waals surface area contributed by atoms with Crippen molar-refractivity contribution in [3.8, 4) is 0 Å². The largest absolute Gasteiger partial charge is 0.368 e. The van der Waals surface area contributed by atoms with Gasteiger partial charge in [-0.15, -0.1) is 0 Å². The normalized spacial score (nSPS) is 19.9. The monoisotopic (exact) mass is 283 g/mol. The Kier molecular flexibility index (Phi) is 6.96. The van der Waals surface area contributed by atoms with Crippen molar-refractivity contribution in [3.63, 3.8) is 0 Å². The van der Waals surface area contributed by atoms with Gasteiger partial charge in [0.05, 0.1) is 5.54 Å². The first-order chi connectivity index (χ1) is 9.42. The summed E-state index contributed by atoms with van der Waals surface area (Å²) < 4.78 is 0. The minimum Gasteiger partial charge on any atom is -0.368 e. The molecule has 0 spiro atoms. The van der Waals surface area contributed by atoms with Crippen LogP contribution in [0.2, 0.25) is 0 Å². The Morgan fingerprint density at radius 3 is 2.50 bits per heavy atom. The van der Waals surface area contributed by atoms with Crippen LogP contribution < -0.4 is 11.1 Å². The lowest BCUT2D eigenvalue weighted by Crippen LogP contribution is -2.54. The number of hydrogen-bond donors (Lipinski definition) is 2. The van der Waals surface area contributed by atoms with Gasteiger partial charge in [-0.1, -0.05) is 13.8 Å². The van der Waals surface area contributed by atoms with Crippen LogP contribution in [0.3, 0.4) is 0 Å². The number of nitrogens with two attached hydrogens (primary N) is 1. The highest BCUT2D eigenvalue weighted by Gasteiger charge is 2.36. The van der Waals surface area contributed by atoms with Crippen LogP contribution in [0.1, 0.15) is 66.2 Å². The predicted octanol–water partition coefficient (Wildman–Crippen LogP) is 2.27. The summed E-state index contributed by atoms with van der Waals surface area (Å²) in [6.07, 6.45) is 6.58. The van der Waals surface area contributed by atoms with Gasteiger partial charge in [-0.2, -0.15) is 0 Å². The Morgan fingerprint density at radius 2 is 2.05 bits per heavy atom. The molecule has 0 aromatic heterocycles. The van der Waals surface area contributed by atoms with E-state index in [1.54, 1.807) is 0 Å². The van der Waals surface area contributed by atoms with Crippen molar-refractivity contribution in [2.75, 3.05) is 13.1 Å². The second kappa shape index (κ2) is 7.99. The van der Waals surface area contributed by atoms with Gasteiger partial charge in [-0.25, -0.2) is 0 Å². The number of nitrogens with one attached hydrogen (secondary N) is 1. The lowest BCUT2D eigenvalue weighted by atomic mass is 9.93. The van der Waals surface area contributed by atoms with E-state index < -0.39 is 5.54 Å². The number of carbonyl (C=O) groups excluding carboxylic acids is 1. The molecule has 0 heterocycles. The molecule has 1 saturated carbocycles. The molecule has 3 N–H and O–H groups in total. The van der Waals surface area contributed by atoms with E-state index in [1.165, 1.54) is 19.3 Å². The van der Waals surface area contributed by atoms with Gasteiger partial charge in [0, 0.05) is 12.1 Å². The van der Waals surface area contributed by atoms with Crippen LogP contribution >= 0.6 is 0 Å². The molecule has 1 aliphatic carbocycles. The standard InChI is InChI=1S/C16H33N3O/c1-5-13(3)19(6-2)12-8-7-11-16(4,15(17)20)18-14-9-10-14/h13-14,18H,5-12H2,1-4H3,(H2,17,20). The van der Waals surface area contributed by atoms with Crippen LogP contribution in [0.25, 0.3) is 0 Å². The summed E-state index contributed by atoms with van der Waals surface area (Å²) in [5, 5.41) is 3.41. The molecule has 1 amide bonds. The minimum absolute atomic E-state index is 0.210. The average molecular weight is 283 g/mol. The number of nitrogens with zero attached hydrogens (tertiary/aromatic N) is 1. The van der Waals surface area contributed by atoms with Crippen LogP contribution in [0, 0.1) is 0 Å². The summed E-state index contributed by atoms with van der Waals surface area (Å²) in [6, 6.07) is 1.16. The quantitative estimate of drug-likeness (QED) is 0.572. The van der Waals surface area contributed by atoms with E-state index in [-0.39, 0.29) is 5.91 Å². The molecule has 0 aliphatic heterocycles. The second-order valence-electron chi connectivity index (χ2n) is 6.46. The van der Waals surface area contributed by atoms with Crippen LogP contribution in [0.4, 0.5) is 0 Å². The molecule has 0 aromatic carbocycles. The molecule has 1 fully saturated rings. The fourth-order valence-corrected chi connectivity index (χ4v) is 2.69. The third kappa shape index (κ3) is 5.41. The fraction of sp³-hybridized carbons (Fsp3) is 0.938. The van der Waals surface area contributed by atoms with Crippen LogP contribution in [-0.2, 0) is 4.79 Å². The van der Waals surface area contributed by atoms with Crippen molar-refractivity contribution in [1.29, 1.82) is 0 Å². The van der Waals surface area contributed by atoms with E-state index in [0.29, 0.717) is 12.1 Å². The van der Waals surface area contributed by atoms with Crippen LogP contribution in [-0.4, -0.2) is 41.5 Å². The predicted molar refractivity (Wildman–Crippen MR) is 84.6 cm³/mol. The van der Waals surface area contributed by atoms with Crippen LogP contribution in [0.15, 0.2) is 0 Å². The summed E-state index contributed by atoms with van der Waals surface area (Å²) in [4.78, 5) is 14.2. The Labute approximate surface area is 124 Å². The number of primary amides is 1. The summed E-state index contributed by atoms with van der Waals surface area (Å²) >= 11 is 0. The van der Waals surface area contributed by atoms with Crippen molar-refractivity contribution < 1.29 is 4.79 Å². The summed E-state index contributed by atoms with van der Waals surface area (Å²) in [5.41, 5.74) is 5.05. The van der Waals surface area contributed by atoms with Crippen molar-refractivity contribution in [3.05, 3.63) is 0 Å². The molecular formula is C16H33N3O. The van der Waals surface area contributed by atoms with E-state index in [9.17, 15) is 4.79 Å². The number of carbonyl (C=O) groups is 1. The zero-order valence-corrected chi connectivity index (χ0v) is 13.7. The molecule has 0 aromatic rings. The third-order valence-electron chi connectivity index (χ3n) is 4.64. The molecule has 4 heteroatoms. The Balaban J connectivity index is 2.31. The Hall–Kier alpha value is -0.610. The van der Waals surface area contributed by atoms with E-state index >= 15 is 0 Å². The topological polar surface area (TPSA) is 58.4 Å². The lowest BCUT2D eigenvalue weighted by molar-refractivity contribution is -0.124. The smallest absolute Gasteiger partial charge is 0.237 e. The highest BCUT2D eigenvalue weighted by molar-refractivity contribution is 5.84. The molecule has 4 nitrogen and oxygen atoms in total. The number of unbranched alkanes of at least 4 members (excludes halogenated alkanes) is 1. The van der Waals surface area contributed by atoms with Gasteiger partial charge >= 0.3 is 0 Å². The van der Waals surface area contributed by atoms with Gasteiger partial charge in [-0.3, -0.25) is 4.79 Å². The molecule has 2 atom stereocenters. The van der Waals surface area contributed by atoms with Gasteiger partial charge in [0.2, 0.25) is 5.91 Å². The third-order valence-corrected chi connectivity index (χ3v) is 4.64. The van der Waals surface area contributed by atoms with Crippen molar-refractivity contribution in [1.82, 2.24) is 10.2 Å². The van der Waals surface area contributed by atoms with Crippen molar-refractivity contribution in [2.45, 2.75) is 83.8 Å². The Bertz CT molecular complexity index is 304. The summed E-state index contributed by atoms with van der Waals surface area (Å²) in [6.45, 7) is 10.9. The van der Waals surface area contributed by atoms with Crippen molar-refractivity contribution >= 4 is 5.91 Å². The maximum absolute atomic E-state index is 11.7. The highest BCUT2D eigenvalue weighted by atomic mass is 16.1. The van der Waals surface area contributed by atoms with Gasteiger partial charge in [0.15, 0.2) is 0 Å².